The summed E-state index contributed by atoms with van der Waals surface area (Å²) in [5.41, 5.74) is 5.32. The predicted octanol–water partition coefficient (Wildman–Crippen LogP) is 1.43. The fourth-order valence-corrected chi connectivity index (χ4v) is 2.63. The molecule has 0 aromatic rings. The highest BCUT2D eigenvalue weighted by Crippen LogP contribution is 2.09. The SMILES string of the molecule is CCCCN(C)CCN=C(NCC)NC1CCN(C(N)=O)CC1.I. The van der Waals surface area contributed by atoms with Crippen molar-refractivity contribution in [3.8, 4) is 0 Å². The normalized spacial score (nSPS) is 16.0. The van der Waals surface area contributed by atoms with E-state index in [1.54, 1.807) is 4.90 Å². The van der Waals surface area contributed by atoms with Crippen LogP contribution < -0.4 is 16.4 Å². The zero-order valence-corrected chi connectivity index (χ0v) is 17.7. The number of aliphatic imine (C=N–C) groups is 1. The molecule has 142 valence electrons. The highest BCUT2D eigenvalue weighted by atomic mass is 127. The third-order valence-corrected chi connectivity index (χ3v) is 4.14. The van der Waals surface area contributed by atoms with E-state index in [4.69, 9.17) is 5.73 Å². The topological polar surface area (TPSA) is 86.0 Å². The molecule has 0 aliphatic carbocycles. The number of nitrogens with two attached hydrogens (primary N) is 1. The molecule has 0 atom stereocenters. The maximum atomic E-state index is 11.2. The molecule has 1 saturated heterocycles. The summed E-state index contributed by atoms with van der Waals surface area (Å²) in [5.74, 6) is 0.869. The molecular weight excluding hydrogens is 419 g/mol. The van der Waals surface area contributed by atoms with Crippen LogP contribution in [0.5, 0.6) is 0 Å². The molecule has 0 unspecified atom stereocenters. The van der Waals surface area contributed by atoms with Crippen LogP contribution in [0.2, 0.25) is 0 Å². The molecule has 1 aliphatic rings. The van der Waals surface area contributed by atoms with Crippen molar-refractivity contribution in [2.45, 2.75) is 45.6 Å². The molecule has 1 heterocycles. The van der Waals surface area contributed by atoms with Crippen molar-refractivity contribution in [1.82, 2.24) is 20.4 Å². The average molecular weight is 454 g/mol. The fraction of sp³-hybridized carbons (Fsp3) is 0.875. The smallest absolute Gasteiger partial charge is 0.314 e. The highest BCUT2D eigenvalue weighted by Gasteiger charge is 2.21. The Morgan fingerprint density at radius 2 is 1.96 bits per heavy atom. The minimum absolute atomic E-state index is 0. The number of carbonyl (C=O) groups excluding carboxylic acids is 1. The van der Waals surface area contributed by atoms with Crippen molar-refractivity contribution in [3.63, 3.8) is 0 Å². The Morgan fingerprint density at radius 3 is 2.50 bits per heavy atom. The number of likely N-dealkylation sites (N-methyl/N-ethyl adjacent to an activating group) is 1. The van der Waals surface area contributed by atoms with Crippen LogP contribution in [-0.4, -0.2) is 74.1 Å². The van der Waals surface area contributed by atoms with Crippen LogP contribution in [0.4, 0.5) is 4.79 Å². The molecule has 1 rings (SSSR count). The third-order valence-electron chi connectivity index (χ3n) is 4.14. The molecule has 0 aromatic heterocycles. The van der Waals surface area contributed by atoms with Crippen LogP contribution in [0.25, 0.3) is 0 Å². The van der Waals surface area contributed by atoms with Gasteiger partial charge in [-0.15, -0.1) is 24.0 Å². The number of halogens is 1. The van der Waals surface area contributed by atoms with Crippen LogP contribution in [0.3, 0.4) is 0 Å². The number of guanidine groups is 1. The molecule has 8 heteroatoms. The van der Waals surface area contributed by atoms with E-state index < -0.39 is 0 Å². The van der Waals surface area contributed by atoms with Crippen molar-refractivity contribution in [1.29, 1.82) is 0 Å². The number of piperidine rings is 1. The van der Waals surface area contributed by atoms with Gasteiger partial charge < -0.3 is 26.2 Å². The van der Waals surface area contributed by atoms with Gasteiger partial charge in [0.2, 0.25) is 0 Å². The van der Waals surface area contributed by atoms with Gasteiger partial charge in [0.15, 0.2) is 5.96 Å². The number of rotatable bonds is 8. The van der Waals surface area contributed by atoms with Crippen molar-refractivity contribution in [2.24, 2.45) is 10.7 Å². The lowest BCUT2D eigenvalue weighted by Crippen LogP contribution is -2.50. The van der Waals surface area contributed by atoms with E-state index in [0.717, 1.165) is 45.0 Å². The first-order chi connectivity index (χ1) is 11.1. The van der Waals surface area contributed by atoms with Crippen LogP contribution in [0.15, 0.2) is 4.99 Å². The second-order valence-electron chi connectivity index (χ2n) is 6.16. The summed E-state index contributed by atoms with van der Waals surface area (Å²) in [7, 11) is 2.14. The lowest BCUT2D eigenvalue weighted by molar-refractivity contribution is 0.188. The van der Waals surface area contributed by atoms with Crippen LogP contribution in [0, 0.1) is 0 Å². The van der Waals surface area contributed by atoms with Crippen LogP contribution in [-0.2, 0) is 0 Å². The minimum atomic E-state index is -0.320. The molecule has 1 aliphatic heterocycles. The largest absolute Gasteiger partial charge is 0.357 e. The number of nitrogens with zero attached hydrogens (tertiary/aromatic N) is 3. The van der Waals surface area contributed by atoms with Crippen molar-refractivity contribution in [2.75, 3.05) is 46.3 Å². The number of likely N-dealkylation sites (tertiary alicyclic amines) is 1. The van der Waals surface area contributed by atoms with Gasteiger partial charge >= 0.3 is 6.03 Å². The molecule has 0 saturated carbocycles. The first-order valence-corrected chi connectivity index (χ1v) is 8.84. The van der Waals surface area contributed by atoms with Gasteiger partial charge in [0.05, 0.1) is 6.54 Å². The van der Waals surface area contributed by atoms with E-state index in [-0.39, 0.29) is 30.0 Å². The quantitative estimate of drug-likeness (QED) is 0.294. The van der Waals surface area contributed by atoms with Crippen molar-refractivity contribution >= 4 is 36.0 Å². The van der Waals surface area contributed by atoms with Crippen LogP contribution in [0.1, 0.15) is 39.5 Å². The van der Waals surface area contributed by atoms with E-state index in [2.05, 4.69) is 41.4 Å². The third kappa shape index (κ3) is 9.51. The molecule has 0 spiro atoms. The molecule has 24 heavy (non-hydrogen) atoms. The lowest BCUT2D eigenvalue weighted by Gasteiger charge is -2.32. The number of nitrogens with one attached hydrogen (secondary N) is 2. The van der Waals surface area contributed by atoms with E-state index in [1.807, 2.05) is 0 Å². The molecular formula is C16H35IN6O. The molecule has 0 radical (unpaired) electrons. The van der Waals surface area contributed by atoms with Crippen LogP contribution >= 0.6 is 24.0 Å². The maximum Gasteiger partial charge on any atom is 0.314 e. The summed E-state index contributed by atoms with van der Waals surface area (Å²) in [6, 6.07) is 0.0281. The Labute approximate surface area is 163 Å². The van der Waals surface area contributed by atoms with E-state index in [0.29, 0.717) is 19.1 Å². The molecule has 0 bridgehead atoms. The summed E-state index contributed by atoms with van der Waals surface area (Å²) >= 11 is 0. The first kappa shape index (κ1) is 23.2. The van der Waals surface area contributed by atoms with Crippen molar-refractivity contribution in [3.05, 3.63) is 0 Å². The highest BCUT2D eigenvalue weighted by molar-refractivity contribution is 14.0. The Kier molecular flexibility index (Phi) is 13.1. The van der Waals surface area contributed by atoms with Crippen molar-refractivity contribution < 1.29 is 4.79 Å². The standard InChI is InChI=1S/C16H34N6O.HI/c1-4-6-10-21(3)13-9-19-16(18-5-2)20-14-7-11-22(12-8-14)15(17)23;/h14H,4-13H2,1-3H3,(H2,17,23)(H2,18,19,20);1H. The fourth-order valence-electron chi connectivity index (χ4n) is 2.63. The summed E-state index contributed by atoms with van der Waals surface area (Å²) in [6.07, 6.45) is 4.27. The van der Waals surface area contributed by atoms with Gasteiger partial charge in [0.25, 0.3) is 0 Å². The summed E-state index contributed by atoms with van der Waals surface area (Å²) in [6.45, 7) is 9.44. The summed E-state index contributed by atoms with van der Waals surface area (Å²) in [4.78, 5) is 19.8. The molecule has 2 amide bonds. The van der Waals surface area contributed by atoms with E-state index in [9.17, 15) is 4.79 Å². The van der Waals surface area contributed by atoms with Gasteiger partial charge in [-0.2, -0.15) is 0 Å². The number of amides is 2. The monoisotopic (exact) mass is 454 g/mol. The minimum Gasteiger partial charge on any atom is -0.357 e. The molecule has 1 fully saturated rings. The zero-order valence-electron chi connectivity index (χ0n) is 15.4. The Hall–Kier alpha value is -0.770. The van der Waals surface area contributed by atoms with E-state index in [1.165, 1.54) is 12.8 Å². The molecule has 7 nitrogen and oxygen atoms in total. The molecule has 0 aromatic carbocycles. The second-order valence-corrected chi connectivity index (χ2v) is 6.16. The van der Waals surface area contributed by atoms with Gasteiger partial charge in [-0.3, -0.25) is 4.99 Å². The van der Waals surface area contributed by atoms with Gasteiger partial charge in [0, 0.05) is 32.2 Å². The number of hydrogen-bond donors (Lipinski definition) is 3. The van der Waals surface area contributed by atoms with Gasteiger partial charge in [0.1, 0.15) is 0 Å². The number of unbranched alkanes of at least 4 members (excludes halogenated alkanes) is 1. The second kappa shape index (κ2) is 13.5. The Bertz CT molecular complexity index is 372. The van der Waals surface area contributed by atoms with Gasteiger partial charge in [-0.25, -0.2) is 4.79 Å². The summed E-state index contributed by atoms with van der Waals surface area (Å²) < 4.78 is 0. The Morgan fingerprint density at radius 1 is 1.29 bits per heavy atom. The average Bonchev–Trinajstić information content (AvgIpc) is 2.53. The summed E-state index contributed by atoms with van der Waals surface area (Å²) in [5, 5.41) is 6.77. The number of carbonyl (C=O) groups is 1. The number of urea groups is 1. The van der Waals surface area contributed by atoms with E-state index >= 15 is 0 Å². The maximum absolute atomic E-state index is 11.2. The Balaban J connectivity index is 0.00000529. The van der Waals surface area contributed by atoms with Gasteiger partial charge in [-0.1, -0.05) is 13.3 Å². The predicted molar refractivity (Wildman–Crippen MR) is 111 cm³/mol. The number of hydrogen-bond acceptors (Lipinski definition) is 3. The molecule has 4 N–H and O–H groups in total. The first-order valence-electron chi connectivity index (χ1n) is 8.84. The van der Waals surface area contributed by atoms with Gasteiger partial charge in [-0.05, 0) is 39.8 Å². The number of primary amides is 1. The lowest BCUT2D eigenvalue weighted by atomic mass is 10.1. The zero-order chi connectivity index (χ0) is 17.1.